The predicted octanol–water partition coefficient (Wildman–Crippen LogP) is 4.82. The summed E-state index contributed by atoms with van der Waals surface area (Å²) in [7, 11) is 0. The molecule has 5 nitrogen and oxygen atoms in total. The standard InChI is InChI=1S/C22H33NO4/c1-21(2,3)16-11-13(12-17(18(16)24)22(4,5)6)23-19(25)14-9-7-8-10-15(14)20(26)27/h11-12,14-15,24H,7-10H2,1-6H3,(H,23,25)(H,26,27)/t14-,15-/m1/s1. The third-order valence-electron chi connectivity index (χ3n) is 5.41. The van der Waals surface area contributed by atoms with Crippen molar-refractivity contribution in [1.82, 2.24) is 0 Å². The number of phenols is 1. The molecule has 1 aliphatic rings. The van der Waals surface area contributed by atoms with Crippen molar-refractivity contribution < 1.29 is 19.8 Å². The Hall–Kier alpha value is -2.04. The Morgan fingerprint density at radius 2 is 1.37 bits per heavy atom. The fraction of sp³-hybridized carbons (Fsp3) is 0.636. The molecule has 0 aromatic heterocycles. The van der Waals surface area contributed by atoms with E-state index in [4.69, 9.17) is 0 Å². The van der Waals surface area contributed by atoms with Crippen LogP contribution in [-0.4, -0.2) is 22.1 Å². The summed E-state index contributed by atoms with van der Waals surface area (Å²) in [5.74, 6) is -2.02. The number of phenolic OH excluding ortho intramolecular Hbond substituents is 1. The number of carbonyl (C=O) groups is 2. The number of hydrogen-bond donors (Lipinski definition) is 3. The molecule has 1 fully saturated rings. The average molecular weight is 376 g/mol. The number of rotatable bonds is 3. The summed E-state index contributed by atoms with van der Waals surface area (Å²) >= 11 is 0. The Morgan fingerprint density at radius 3 is 1.78 bits per heavy atom. The minimum absolute atomic E-state index is 0.243. The summed E-state index contributed by atoms with van der Waals surface area (Å²) in [6, 6.07) is 3.61. The number of anilines is 1. The van der Waals surface area contributed by atoms with Crippen LogP contribution in [0.1, 0.15) is 78.4 Å². The topological polar surface area (TPSA) is 86.6 Å². The maximum absolute atomic E-state index is 12.9. The first-order valence-electron chi connectivity index (χ1n) is 9.74. The first-order valence-corrected chi connectivity index (χ1v) is 9.74. The summed E-state index contributed by atoms with van der Waals surface area (Å²) < 4.78 is 0. The minimum atomic E-state index is -0.897. The molecule has 1 saturated carbocycles. The van der Waals surface area contributed by atoms with Crippen LogP contribution in [-0.2, 0) is 20.4 Å². The van der Waals surface area contributed by atoms with Crippen LogP contribution in [0.15, 0.2) is 12.1 Å². The van der Waals surface area contributed by atoms with Gasteiger partial charge in [0.05, 0.1) is 11.8 Å². The van der Waals surface area contributed by atoms with Crippen molar-refractivity contribution in [3.63, 3.8) is 0 Å². The number of carboxylic acid groups (broad SMARTS) is 1. The van der Waals surface area contributed by atoms with Crippen LogP contribution < -0.4 is 5.32 Å². The number of amides is 1. The summed E-state index contributed by atoms with van der Waals surface area (Å²) in [5.41, 5.74) is 1.56. The van der Waals surface area contributed by atoms with Gasteiger partial charge >= 0.3 is 5.97 Å². The first kappa shape index (κ1) is 21.3. The molecule has 1 aromatic rings. The quantitative estimate of drug-likeness (QED) is 0.661. The van der Waals surface area contributed by atoms with Gasteiger partial charge in [0.25, 0.3) is 0 Å². The van der Waals surface area contributed by atoms with Gasteiger partial charge in [-0.05, 0) is 35.8 Å². The molecule has 5 heteroatoms. The van der Waals surface area contributed by atoms with Gasteiger partial charge in [-0.3, -0.25) is 9.59 Å². The molecule has 1 amide bonds. The third-order valence-corrected chi connectivity index (χ3v) is 5.41. The van der Waals surface area contributed by atoms with Crippen LogP contribution in [0.25, 0.3) is 0 Å². The lowest BCUT2D eigenvalue weighted by molar-refractivity contribution is -0.147. The number of carboxylic acids is 1. The Labute approximate surface area is 162 Å². The van der Waals surface area contributed by atoms with Crippen molar-refractivity contribution in [2.75, 3.05) is 5.32 Å². The van der Waals surface area contributed by atoms with Crippen molar-refractivity contribution >= 4 is 17.6 Å². The molecule has 0 spiro atoms. The number of benzene rings is 1. The molecule has 0 bridgehead atoms. The highest BCUT2D eigenvalue weighted by Gasteiger charge is 2.36. The fourth-order valence-corrected chi connectivity index (χ4v) is 3.83. The van der Waals surface area contributed by atoms with Crippen molar-refractivity contribution in [2.24, 2.45) is 11.8 Å². The van der Waals surface area contributed by atoms with Gasteiger partial charge in [0.2, 0.25) is 5.91 Å². The molecular formula is C22H33NO4. The van der Waals surface area contributed by atoms with Crippen molar-refractivity contribution in [3.05, 3.63) is 23.3 Å². The SMILES string of the molecule is CC(C)(C)c1cc(NC(=O)[C@@H]2CCCC[C@H]2C(=O)O)cc(C(C)(C)C)c1O. The lowest BCUT2D eigenvalue weighted by Gasteiger charge is -2.30. The Kier molecular flexibility index (Phi) is 5.93. The lowest BCUT2D eigenvalue weighted by atomic mass is 9.78. The van der Waals surface area contributed by atoms with Crippen LogP contribution in [0.3, 0.4) is 0 Å². The van der Waals surface area contributed by atoms with E-state index in [0.29, 0.717) is 18.5 Å². The number of hydrogen-bond acceptors (Lipinski definition) is 3. The number of nitrogens with one attached hydrogen (secondary N) is 1. The average Bonchev–Trinajstić information content (AvgIpc) is 2.54. The van der Waals surface area contributed by atoms with Gasteiger partial charge in [-0.15, -0.1) is 0 Å². The second-order valence-electron chi connectivity index (χ2n) is 9.74. The third kappa shape index (κ3) is 4.82. The molecule has 0 heterocycles. The van der Waals surface area contributed by atoms with E-state index in [-0.39, 0.29) is 22.5 Å². The monoisotopic (exact) mass is 375 g/mol. The van der Waals surface area contributed by atoms with Gasteiger partial charge in [0.15, 0.2) is 0 Å². The van der Waals surface area contributed by atoms with E-state index in [1.807, 2.05) is 41.5 Å². The van der Waals surface area contributed by atoms with Gasteiger partial charge in [0, 0.05) is 16.8 Å². The van der Waals surface area contributed by atoms with E-state index >= 15 is 0 Å². The zero-order valence-electron chi connectivity index (χ0n) is 17.3. The van der Waals surface area contributed by atoms with Crippen LogP contribution in [0.4, 0.5) is 5.69 Å². The Balaban J connectivity index is 2.40. The highest BCUT2D eigenvalue weighted by Crippen LogP contribution is 2.41. The van der Waals surface area contributed by atoms with E-state index in [2.05, 4.69) is 5.32 Å². The normalized spacial score (nSPS) is 21.0. The number of carbonyl (C=O) groups excluding carboxylic acids is 1. The smallest absolute Gasteiger partial charge is 0.307 e. The largest absolute Gasteiger partial charge is 0.507 e. The van der Waals surface area contributed by atoms with Crippen molar-refractivity contribution in [2.45, 2.75) is 78.1 Å². The van der Waals surface area contributed by atoms with Gasteiger partial charge in [-0.1, -0.05) is 54.4 Å². The molecule has 1 aliphatic carbocycles. The molecule has 2 atom stereocenters. The van der Waals surface area contributed by atoms with Gasteiger partial charge in [0.1, 0.15) is 5.75 Å². The van der Waals surface area contributed by atoms with Gasteiger partial charge in [-0.2, -0.15) is 0 Å². The molecule has 0 unspecified atom stereocenters. The van der Waals surface area contributed by atoms with Crippen LogP contribution in [0, 0.1) is 11.8 Å². The summed E-state index contributed by atoms with van der Waals surface area (Å²) in [4.78, 5) is 24.4. The van der Waals surface area contributed by atoms with Gasteiger partial charge in [-0.25, -0.2) is 0 Å². The van der Waals surface area contributed by atoms with E-state index < -0.39 is 17.8 Å². The van der Waals surface area contributed by atoms with E-state index in [9.17, 15) is 19.8 Å². The molecule has 150 valence electrons. The summed E-state index contributed by atoms with van der Waals surface area (Å²) in [5, 5.41) is 23.2. The highest BCUT2D eigenvalue weighted by atomic mass is 16.4. The van der Waals surface area contributed by atoms with Crippen molar-refractivity contribution in [3.8, 4) is 5.75 Å². The molecule has 3 N–H and O–H groups in total. The maximum atomic E-state index is 12.9. The molecule has 0 aliphatic heterocycles. The summed E-state index contributed by atoms with van der Waals surface area (Å²) in [6.45, 7) is 12.1. The van der Waals surface area contributed by atoms with Crippen LogP contribution in [0.2, 0.25) is 0 Å². The fourth-order valence-electron chi connectivity index (χ4n) is 3.83. The van der Waals surface area contributed by atoms with Crippen molar-refractivity contribution in [1.29, 1.82) is 0 Å². The first-order chi connectivity index (χ1) is 12.3. The number of aromatic hydroxyl groups is 1. The second kappa shape index (κ2) is 7.53. The molecule has 27 heavy (non-hydrogen) atoms. The maximum Gasteiger partial charge on any atom is 0.307 e. The van der Waals surface area contributed by atoms with E-state index in [1.54, 1.807) is 12.1 Å². The molecular weight excluding hydrogens is 342 g/mol. The van der Waals surface area contributed by atoms with E-state index in [1.165, 1.54) is 0 Å². The number of aliphatic carboxylic acids is 1. The Morgan fingerprint density at radius 1 is 0.926 bits per heavy atom. The molecule has 1 aromatic carbocycles. The zero-order chi connectivity index (χ0) is 20.6. The zero-order valence-corrected chi connectivity index (χ0v) is 17.3. The van der Waals surface area contributed by atoms with Gasteiger partial charge < -0.3 is 15.5 Å². The highest BCUT2D eigenvalue weighted by molar-refractivity contribution is 5.95. The predicted molar refractivity (Wildman–Crippen MR) is 107 cm³/mol. The Bertz CT molecular complexity index is 690. The second-order valence-corrected chi connectivity index (χ2v) is 9.74. The molecule has 0 radical (unpaired) electrons. The minimum Gasteiger partial charge on any atom is -0.507 e. The molecule has 2 rings (SSSR count). The van der Waals surface area contributed by atoms with E-state index in [0.717, 1.165) is 24.0 Å². The lowest BCUT2D eigenvalue weighted by Crippen LogP contribution is -2.36. The van der Waals surface area contributed by atoms with Crippen LogP contribution >= 0.6 is 0 Å². The van der Waals surface area contributed by atoms with Crippen LogP contribution in [0.5, 0.6) is 5.75 Å². The molecule has 0 saturated heterocycles. The summed E-state index contributed by atoms with van der Waals surface area (Å²) in [6.07, 6.45) is 2.86.